The Balaban J connectivity index is 1.60. The predicted molar refractivity (Wildman–Crippen MR) is 105 cm³/mol. The van der Waals surface area contributed by atoms with Crippen molar-refractivity contribution in [2.45, 2.75) is 28.8 Å². The van der Waals surface area contributed by atoms with Gasteiger partial charge in [0.05, 0.1) is 11.2 Å². The van der Waals surface area contributed by atoms with Crippen molar-refractivity contribution in [3.63, 3.8) is 0 Å². The molecule has 0 aliphatic carbocycles. The van der Waals surface area contributed by atoms with E-state index in [4.69, 9.17) is 23.1 Å². The van der Waals surface area contributed by atoms with Crippen LogP contribution in [-0.2, 0) is 0 Å². The van der Waals surface area contributed by atoms with Gasteiger partial charge in [0.15, 0.2) is 5.65 Å². The van der Waals surface area contributed by atoms with E-state index in [-0.39, 0.29) is 5.54 Å². The molecule has 9 heteroatoms. The van der Waals surface area contributed by atoms with Crippen LogP contribution in [0.4, 0.5) is 11.6 Å². The van der Waals surface area contributed by atoms with Gasteiger partial charge in [-0.1, -0.05) is 23.4 Å². The molecule has 4 N–H and O–H groups in total. The van der Waals surface area contributed by atoms with E-state index < -0.39 is 0 Å². The third-order valence-electron chi connectivity index (χ3n) is 4.29. The molecule has 7 nitrogen and oxygen atoms in total. The minimum Gasteiger partial charge on any atom is -0.382 e. The molecule has 1 atom stereocenters. The third-order valence-corrected chi connectivity index (χ3v) is 5.80. The Labute approximate surface area is 160 Å². The van der Waals surface area contributed by atoms with Crippen molar-refractivity contribution in [2.75, 3.05) is 23.7 Å². The lowest BCUT2D eigenvalue weighted by Gasteiger charge is -2.20. The van der Waals surface area contributed by atoms with E-state index in [1.54, 1.807) is 18.5 Å². The first-order chi connectivity index (χ1) is 12.4. The number of hydrogen-bond acceptors (Lipinski definition) is 8. The second-order valence-electron chi connectivity index (χ2n) is 6.66. The van der Waals surface area contributed by atoms with Crippen molar-refractivity contribution in [1.29, 1.82) is 0 Å². The number of nitrogen functional groups attached to an aromatic ring is 1. The molecular weight excluding hydrogens is 370 g/mol. The Morgan fingerprint density at radius 3 is 2.85 bits per heavy atom. The summed E-state index contributed by atoms with van der Waals surface area (Å²) < 4.78 is 0. The SMILES string of the molecule is CC1(N)CCN(c2cnc3nc(Sc4ccnc(N)c4Cl)ccc3n2)C1. The van der Waals surface area contributed by atoms with Crippen LogP contribution in [0, 0.1) is 0 Å². The van der Waals surface area contributed by atoms with E-state index in [1.165, 1.54) is 11.8 Å². The molecule has 0 aromatic carbocycles. The molecule has 4 rings (SSSR count). The molecule has 0 amide bonds. The molecule has 1 saturated heterocycles. The summed E-state index contributed by atoms with van der Waals surface area (Å²) in [5, 5.41) is 1.20. The number of nitrogens with zero attached hydrogens (tertiary/aromatic N) is 5. The van der Waals surface area contributed by atoms with Crippen molar-refractivity contribution in [2.24, 2.45) is 5.73 Å². The number of rotatable bonds is 3. The van der Waals surface area contributed by atoms with Crippen LogP contribution in [0.25, 0.3) is 11.2 Å². The van der Waals surface area contributed by atoms with Crippen molar-refractivity contribution in [3.8, 4) is 0 Å². The summed E-state index contributed by atoms with van der Waals surface area (Å²) in [7, 11) is 0. The molecule has 1 aliphatic heterocycles. The van der Waals surface area contributed by atoms with Gasteiger partial charge in [0.2, 0.25) is 0 Å². The average Bonchev–Trinajstić information content (AvgIpc) is 2.98. The Hall–Kier alpha value is -2.16. The summed E-state index contributed by atoms with van der Waals surface area (Å²) >= 11 is 7.61. The van der Waals surface area contributed by atoms with Crippen molar-refractivity contribution in [3.05, 3.63) is 35.6 Å². The largest absolute Gasteiger partial charge is 0.382 e. The lowest BCUT2D eigenvalue weighted by atomic mass is 10.0. The van der Waals surface area contributed by atoms with E-state index in [2.05, 4.69) is 31.8 Å². The zero-order valence-corrected chi connectivity index (χ0v) is 15.8. The van der Waals surface area contributed by atoms with Gasteiger partial charge in [0.1, 0.15) is 22.2 Å². The number of aromatic nitrogens is 4. The molecule has 3 aromatic heterocycles. The van der Waals surface area contributed by atoms with E-state index in [0.717, 1.165) is 40.8 Å². The fraction of sp³-hybridized carbons (Fsp3) is 0.294. The number of fused-ring (bicyclic) bond motifs is 1. The molecule has 1 fully saturated rings. The molecule has 0 spiro atoms. The lowest BCUT2D eigenvalue weighted by molar-refractivity contribution is 0.524. The van der Waals surface area contributed by atoms with Gasteiger partial charge < -0.3 is 16.4 Å². The smallest absolute Gasteiger partial charge is 0.179 e. The monoisotopic (exact) mass is 387 g/mol. The van der Waals surface area contributed by atoms with Crippen molar-refractivity contribution < 1.29 is 0 Å². The van der Waals surface area contributed by atoms with Crippen LogP contribution < -0.4 is 16.4 Å². The number of anilines is 2. The molecule has 26 heavy (non-hydrogen) atoms. The standard InChI is InChI=1S/C17H18ClN7S/c1-17(20)5-7-25(9-17)12-8-22-16-10(23-12)2-3-13(24-16)26-11-4-6-21-15(19)14(11)18/h2-4,6,8H,5,7,9,20H2,1H3,(H2,19,21). The van der Waals surface area contributed by atoms with Gasteiger partial charge in [0.25, 0.3) is 0 Å². The van der Waals surface area contributed by atoms with Gasteiger partial charge >= 0.3 is 0 Å². The maximum Gasteiger partial charge on any atom is 0.179 e. The first kappa shape index (κ1) is 17.3. The maximum absolute atomic E-state index is 6.21. The summed E-state index contributed by atoms with van der Waals surface area (Å²) in [6.45, 7) is 3.72. The molecule has 3 aromatic rings. The van der Waals surface area contributed by atoms with E-state index in [9.17, 15) is 0 Å². The Morgan fingerprint density at radius 2 is 2.08 bits per heavy atom. The highest BCUT2D eigenvalue weighted by atomic mass is 35.5. The van der Waals surface area contributed by atoms with E-state index in [0.29, 0.717) is 16.5 Å². The second-order valence-corrected chi connectivity index (χ2v) is 8.10. The molecule has 4 heterocycles. The first-order valence-corrected chi connectivity index (χ1v) is 9.36. The lowest BCUT2D eigenvalue weighted by Crippen LogP contribution is -2.39. The molecule has 1 aliphatic rings. The summed E-state index contributed by atoms with van der Waals surface area (Å²) in [4.78, 5) is 20.6. The van der Waals surface area contributed by atoms with E-state index in [1.807, 2.05) is 12.1 Å². The minimum atomic E-state index is -0.180. The number of nitrogens with two attached hydrogens (primary N) is 2. The highest BCUT2D eigenvalue weighted by Gasteiger charge is 2.30. The van der Waals surface area contributed by atoms with Crippen molar-refractivity contribution in [1.82, 2.24) is 19.9 Å². The third kappa shape index (κ3) is 3.40. The van der Waals surface area contributed by atoms with Gasteiger partial charge in [0, 0.05) is 29.7 Å². The Kier molecular flexibility index (Phi) is 4.34. The zero-order chi connectivity index (χ0) is 18.3. The topological polar surface area (TPSA) is 107 Å². The van der Waals surface area contributed by atoms with Crippen LogP contribution in [0.3, 0.4) is 0 Å². The normalized spacial score (nSPS) is 20.0. The molecule has 0 radical (unpaired) electrons. The Morgan fingerprint density at radius 1 is 1.23 bits per heavy atom. The highest BCUT2D eigenvalue weighted by molar-refractivity contribution is 7.99. The van der Waals surface area contributed by atoms with Gasteiger partial charge in [-0.2, -0.15) is 0 Å². The zero-order valence-electron chi connectivity index (χ0n) is 14.2. The maximum atomic E-state index is 6.21. The van der Waals surface area contributed by atoms with Gasteiger partial charge in [-0.05, 0) is 31.5 Å². The van der Waals surface area contributed by atoms with Crippen LogP contribution in [0.1, 0.15) is 13.3 Å². The Bertz CT molecular complexity index is 978. The highest BCUT2D eigenvalue weighted by Crippen LogP contribution is 2.35. The minimum absolute atomic E-state index is 0.180. The molecular formula is C17H18ClN7S. The average molecular weight is 388 g/mol. The summed E-state index contributed by atoms with van der Waals surface area (Å²) in [6.07, 6.45) is 4.32. The summed E-state index contributed by atoms with van der Waals surface area (Å²) in [5.41, 5.74) is 13.1. The van der Waals surface area contributed by atoms with Crippen LogP contribution in [0.15, 0.2) is 40.5 Å². The quantitative estimate of drug-likeness (QED) is 0.706. The number of hydrogen-bond donors (Lipinski definition) is 2. The summed E-state index contributed by atoms with van der Waals surface area (Å²) in [5.74, 6) is 1.14. The van der Waals surface area contributed by atoms with Crippen molar-refractivity contribution >= 4 is 46.2 Å². The van der Waals surface area contributed by atoms with Gasteiger partial charge in [-0.25, -0.2) is 19.9 Å². The molecule has 1 unspecified atom stereocenters. The van der Waals surface area contributed by atoms with Crippen LogP contribution in [0.2, 0.25) is 5.02 Å². The van der Waals surface area contributed by atoms with Gasteiger partial charge in [-0.3, -0.25) is 0 Å². The molecule has 0 bridgehead atoms. The first-order valence-electron chi connectivity index (χ1n) is 8.17. The fourth-order valence-corrected chi connectivity index (χ4v) is 3.94. The molecule has 134 valence electrons. The second kappa shape index (κ2) is 6.53. The van der Waals surface area contributed by atoms with Crippen LogP contribution in [-0.4, -0.2) is 38.6 Å². The van der Waals surface area contributed by atoms with Crippen LogP contribution in [0.5, 0.6) is 0 Å². The van der Waals surface area contributed by atoms with Gasteiger partial charge in [-0.15, -0.1) is 0 Å². The molecule has 0 saturated carbocycles. The van der Waals surface area contributed by atoms with Crippen LogP contribution >= 0.6 is 23.4 Å². The fourth-order valence-electron chi connectivity index (χ4n) is 2.90. The summed E-state index contributed by atoms with van der Waals surface area (Å²) in [6, 6.07) is 5.62. The van der Waals surface area contributed by atoms with E-state index >= 15 is 0 Å². The predicted octanol–water partition coefficient (Wildman–Crippen LogP) is 2.73. The number of halogens is 1. The number of pyridine rings is 2.